The minimum absolute atomic E-state index is 0.128. The van der Waals surface area contributed by atoms with E-state index in [0.29, 0.717) is 16.2 Å². The van der Waals surface area contributed by atoms with E-state index in [-0.39, 0.29) is 5.56 Å². The molecule has 150 valence electrons. The number of hydrogen-bond donors (Lipinski definition) is 0. The molecule has 2 aromatic rings. The van der Waals surface area contributed by atoms with E-state index < -0.39 is 5.97 Å². The third-order valence-electron chi connectivity index (χ3n) is 7.38. The Morgan fingerprint density at radius 1 is 0.966 bits per heavy atom. The van der Waals surface area contributed by atoms with Crippen LogP contribution in [0.15, 0.2) is 42.5 Å². The number of aryl methyl sites for hydroxylation is 1. The summed E-state index contributed by atoms with van der Waals surface area (Å²) in [5.74, 6) is 2.04. The number of aromatic carboxylic acids is 1. The first-order valence-electron chi connectivity index (χ1n) is 10.6. The highest BCUT2D eigenvalue weighted by Gasteiger charge is 2.52. The molecule has 4 fully saturated rings. The van der Waals surface area contributed by atoms with Crippen LogP contribution >= 0.6 is 12.2 Å². The minimum atomic E-state index is -1.20. The molecule has 4 saturated carbocycles. The summed E-state index contributed by atoms with van der Waals surface area (Å²) in [6.07, 6.45) is 8.26. The van der Waals surface area contributed by atoms with Gasteiger partial charge in [0.25, 0.3) is 0 Å². The number of ether oxygens (including phenoxy) is 1. The molecular formula is C25H25O3S-. The zero-order chi connectivity index (χ0) is 20.2. The van der Waals surface area contributed by atoms with Crippen molar-refractivity contribution in [3.63, 3.8) is 0 Å². The lowest BCUT2D eigenvalue weighted by Crippen LogP contribution is -2.48. The quantitative estimate of drug-likeness (QED) is 0.699. The normalized spacial score (nSPS) is 29.6. The minimum Gasteiger partial charge on any atom is -0.545 e. The zero-order valence-electron chi connectivity index (χ0n) is 16.6. The van der Waals surface area contributed by atoms with Crippen LogP contribution < -0.4 is 9.84 Å². The summed E-state index contributed by atoms with van der Waals surface area (Å²) in [6.45, 7) is 2.22. The van der Waals surface area contributed by atoms with Crippen LogP contribution in [-0.4, -0.2) is 11.0 Å². The van der Waals surface area contributed by atoms with E-state index in [2.05, 4.69) is 19.1 Å². The van der Waals surface area contributed by atoms with Crippen LogP contribution in [-0.2, 0) is 5.41 Å². The number of carboxylic acid groups (broad SMARTS) is 1. The lowest BCUT2D eigenvalue weighted by Gasteiger charge is -2.57. The Morgan fingerprint density at radius 2 is 1.52 bits per heavy atom. The number of hydrogen-bond acceptors (Lipinski definition) is 4. The lowest BCUT2D eigenvalue weighted by atomic mass is 9.47. The Kier molecular flexibility index (Phi) is 4.50. The second-order valence-electron chi connectivity index (χ2n) is 9.43. The molecule has 0 aliphatic heterocycles. The van der Waals surface area contributed by atoms with Crippen LogP contribution in [0.3, 0.4) is 0 Å². The van der Waals surface area contributed by atoms with Gasteiger partial charge in [-0.05, 0) is 128 Å². The van der Waals surface area contributed by atoms with Crippen molar-refractivity contribution >= 4 is 23.2 Å². The van der Waals surface area contributed by atoms with E-state index in [9.17, 15) is 9.90 Å². The Bertz CT molecular complexity index is 941. The fraction of sp³-hybridized carbons (Fsp3) is 0.440. The van der Waals surface area contributed by atoms with Crippen molar-refractivity contribution in [2.45, 2.75) is 50.9 Å². The molecule has 0 amide bonds. The first kappa shape index (κ1) is 18.8. The van der Waals surface area contributed by atoms with Gasteiger partial charge in [0.05, 0.1) is 5.97 Å². The van der Waals surface area contributed by atoms with Gasteiger partial charge in [-0.3, -0.25) is 0 Å². The van der Waals surface area contributed by atoms with Crippen LogP contribution in [0.4, 0.5) is 0 Å². The first-order valence-corrected chi connectivity index (χ1v) is 11.0. The molecule has 0 saturated heterocycles. The second-order valence-corrected chi connectivity index (χ2v) is 9.80. The largest absolute Gasteiger partial charge is 0.545 e. The summed E-state index contributed by atoms with van der Waals surface area (Å²) in [5.41, 5.74) is 4.20. The molecule has 0 radical (unpaired) electrons. The number of benzene rings is 2. The average molecular weight is 406 g/mol. The fourth-order valence-electron chi connectivity index (χ4n) is 6.59. The summed E-state index contributed by atoms with van der Waals surface area (Å²) in [6, 6.07) is 12.7. The SMILES string of the molecule is Cc1ccc(C(=S)Oc2ccc(C(=O)[O-])cc2)cc1C12CC3CC(CC(C3)C1)C2. The van der Waals surface area contributed by atoms with Gasteiger partial charge in [0.1, 0.15) is 5.75 Å². The van der Waals surface area contributed by atoms with Crippen molar-refractivity contribution in [1.82, 2.24) is 0 Å². The summed E-state index contributed by atoms with van der Waals surface area (Å²) in [4.78, 5) is 10.9. The van der Waals surface area contributed by atoms with Gasteiger partial charge in [-0.1, -0.05) is 12.1 Å². The van der Waals surface area contributed by atoms with Gasteiger partial charge in [-0.25, -0.2) is 0 Å². The van der Waals surface area contributed by atoms with Gasteiger partial charge >= 0.3 is 0 Å². The summed E-state index contributed by atoms with van der Waals surface area (Å²) >= 11 is 5.58. The van der Waals surface area contributed by atoms with Crippen molar-refractivity contribution in [1.29, 1.82) is 0 Å². The van der Waals surface area contributed by atoms with Crippen molar-refractivity contribution in [2.75, 3.05) is 0 Å². The smallest absolute Gasteiger partial charge is 0.198 e. The van der Waals surface area contributed by atoms with E-state index in [1.54, 1.807) is 12.1 Å². The Balaban J connectivity index is 1.41. The molecule has 0 atom stereocenters. The van der Waals surface area contributed by atoms with E-state index >= 15 is 0 Å². The molecule has 0 N–H and O–H groups in total. The van der Waals surface area contributed by atoms with Crippen LogP contribution in [0.25, 0.3) is 0 Å². The fourth-order valence-corrected chi connectivity index (χ4v) is 6.81. The molecule has 0 heterocycles. The van der Waals surface area contributed by atoms with Gasteiger partial charge < -0.3 is 14.6 Å². The maximum Gasteiger partial charge on any atom is 0.198 e. The Hall–Kier alpha value is -2.20. The molecule has 4 bridgehead atoms. The Morgan fingerprint density at radius 3 is 2.07 bits per heavy atom. The number of carbonyl (C=O) groups is 1. The molecule has 29 heavy (non-hydrogen) atoms. The molecule has 4 aliphatic rings. The molecule has 4 heteroatoms. The van der Waals surface area contributed by atoms with Gasteiger partial charge in [0.15, 0.2) is 5.05 Å². The van der Waals surface area contributed by atoms with Crippen LogP contribution in [0.2, 0.25) is 0 Å². The Labute approximate surface area is 177 Å². The van der Waals surface area contributed by atoms with Crippen molar-refractivity contribution in [2.24, 2.45) is 17.8 Å². The average Bonchev–Trinajstić information content (AvgIpc) is 2.67. The monoisotopic (exact) mass is 405 g/mol. The summed E-state index contributed by atoms with van der Waals surface area (Å²) in [5, 5.41) is 11.3. The third-order valence-corrected chi connectivity index (χ3v) is 7.70. The van der Waals surface area contributed by atoms with Crippen LogP contribution in [0.1, 0.15) is 65.6 Å². The maximum absolute atomic E-state index is 10.9. The lowest BCUT2D eigenvalue weighted by molar-refractivity contribution is -0.255. The van der Waals surface area contributed by atoms with Gasteiger partial charge in [-0.2, -0.15) is 0 Å². The second kappa shape index (κ2) is 6.94. The first-order chi connectivity index (χ1) is 13.9. The van der Waals surface area contributed by atoms with Crippen LogP contribution in [0, 0.1) is 24.7 Å². The van der Waals surface area contributed by atoms with Gasteiger partial charge in [0, 0.05) is 5.56 Å². The maximum atomic E-state index is 10.9. The molecule has 6 rings (SSSR count). The number of carboxylic acids is 1. The molecule has 2 aromatic carbocycles. The highest BCUT2D eigenvalue weighted by molar-refractivity contribution is 7.80. The standard InChI is InChI=1S/C25H26O3S/c1-15-2-3-20(24(29)28-21-6-4-19(5-7-21)23(26)27)11-22(15)25-12-16-8-17(13-25)10-18(9-16)14-25/h2-7,11,16-18H,8-10,12-14H2,1H3,(H,26,27)/p-1. The van der Waals surface area contributed by atoms with Crippen molar-refractivity contribution in [3.05, 3.63) is 64.7 Å². The van der Waals surface area contributed by atoms with E-state index in [0.717, 1.165) is 23.3 Å². The van der Waals surface area contributed by atoms with Crippen molar-refractivity contribution in [3.8, 4) is 5.75 Å². The van der Waals surface area contributed by atoms with Gasteiger partial charge in [0.2, 0.25) is 0 Å². The third kappa shape index (κ3) is 3.38. The highest BCUT2D eigenvalue weighted by atomic mass is 32.1. The summed E-state index contributed by atoms with van der Waals surface area (Å²) < 4.78 is 5.87. The predicted octanol–water partition coefficient (Wildman–Crippen LogP) is 4.58. The molecule has 4 aliphatic carbocycles. The molecule has 3 nitrogen and oxygen atoms in total. The molecular weight excluding hydrogens is 380 g/mol. The highest BCUT2D eigenvalue weighted by Crippen LogP contribution is 2.61. The van der Waals surface area contributed by atoms with E-state index in [4.69, 9.17) is 17.0 Å². The molecule has 0 spiro atoms. The van der Waals surface area contributed by atoms with Gasteiger partial charge in [-0.15, -0.1) is 0 Å². The van der Waals surface area contributed by atoms with E-state index in [1.165, 1.54) is 61.8 Å². The number of thiocarbonyl (C=S) groups is 1. The number of carbonyl (C=O) groups excluding carboxylic acids is 1. The summed E-state index contributed by atoms with van der Waals surface area (Å²) in [7, 11) is 0. The zero-order valence-corrected chi connectivity index (χ0v) is 17.5. The molecule has 0 aromatic heterocycles. The number of rotatable bonds is 4. The van der Waals surface area contributed by atoms with E-state index in [1.807, 2.05) is 6.07 Å². The van der Waals surface area contributed by atoms with Crippen LogP contribution in [0.5, 0.6) is 5.75 Å². The molecule has 0 unspecified atom stereocenters. The predicted molar refractivity (Wildman–Crippen MR) is 114 cm³/mol. The topological polar surface area (TPSA) is 49.4 Å². The van der Waals surface area contributed by atoms with Crippen molar-refractivity contribution < 1.29 is 14.6 Å².